The van der Waals surface area contributed by atoms with Crippen molar-refractivity contribution >= 4 is 0 Å². The third-order valence-corrected chi connectivity index (χ3v) is 6.39. The predicted octanol–water partition coefficient (Wildman–Crippen LogP) is 8.19. The Labute approximate surface area is 204 Å². The van der Waals surface area contributed by atoms with Crippen LogP contribution in [0, 0.1) is 29.5 Å². The second kappa shape index (κ2) is 11.7. The van der Waals surface area contributed by atoms with Crippen LogP contribution in [0.2, 0.25) is 0 Å². The van der Waals surface area contributed by atoms with Gasteiger partial charge in [-0.3, -0.25) is 0 Å². The van der Waals surface area contributed by atoms with Crippen LogP contribution < -0.4 is 0 Å². The zero-order valence-electron chi connectivity index (χ0n) is 20.4. The molecule has 0 N–H and O–H groups in total. The Morgan fingerprint density at radius 3 is 1.59 bits per heavy atom. The molecule has 1 fully saturated rings. The Bertz CT molecular complexity index is 1220. The zero-order valence-corrected chi connectivity index (χ0v) is 20.4. The number of benzene rings is 3. The summed E-state index contributed by atoms with van der Waals surface area (Å²) in [7, 11) is 0. The minimum absolute atomic E-state index is 0.198. The van der Waals surface area contributed by atoms with Crippen LogP contribution in [0.1, 0.15) is 97.2 Å². The van der Waals surface area contributed by atoms with E-state index in [0.29, 0.717) is 5.56 Å². The first-order valence-electron chi connectivity index (χ1n) is 12.7. The SMILES string of the molecule is CCCCc1ccc(C#Cc2ccc(C#Cc3ccc(CCCC)cc3)c(C3CC3)c2F)cc1. The van der Waals surface area contributed by atoms with E-state index < -0.39 is 0 Å². The molecule has 0 radical (unpaired) electrons. The van der Waals surface area contributed by atoms with Crippen LogP contribution in [0.15, 0.2) is 60.7 Å². The molecule has 0 saturated heterocycles. The van der Waals surface area contributed by atoms with Crippen molar-refractivity contribution in [2.75, 3.05) is 0 Å². The van der Waals surface area contributed by atoms with Crippen molar-refractivity contribution in [3.63, 3.8) is 0 Å². The molecule has 1 heteroatoms. The number of unbranched alkanes of at least 4 members (excludes halogenated alkanes) is 2. The molecule has 1 saturated carbocycles. The lowest BCUT2D eigenvalue weighted by atomic mass is 9.98. The summed E-state index contributed by atoms with van der Waals surface area (Å²) in [5, 5.41) is 0. The maximum absolute atomic E-state index is 15.5. The highest BCUT2D eigenvalue weighted by molar-refractivity contribution is 5.54. The minimum atomic E-state index is -0.198. The van der Waals surface area contributed by atoms with E-state index in [1.165, 1.54) is 36.8 Å². The van der Waals surface area contributed by atoms with E-state index in [-0.39, 0.29) is 11.7 Å². The lowest BCUT2D eigenvalue weighted by Crippen LogP contribution is -1.97. The van der Waals surface area contributed by atoms with E-state index in [2.05, 4.69) is 73.9 Å². The molecule has 0 nitrogen and oxygen atoms in total. The first-order valence-corrected chi connectivity index (χ1v) is 12.7. The molecule has 0 unspecified atom stereocenters. The highest BCUT2D eigenvalue weighted by Gasteiger charge is 2.29. The summed E-state index contributed by atoms with van der Waals surface area (Å²) < 4.78 is 15.5. The summed E-state index contributed by atoms with van der Waals surface area (Å²) >= 11 is 0. The molecule has 3 aromatic rings. The van der Waals surface area contributed by atoms with Crippen molar-refractivity contribution in [2.24, 2.45) is 0 Å². The Morgan fingerprint density at radius 1 is 0.647 bits per heavy atom. The van der Waals surface area contributed by atoms with Gasteiger partial charge in [0.2, 0.25) is 0 Å². The first kappa shape index (κ1) is 23.9. The molecule has 0 spiro atoms. The van der Waals surface area contributed by atoms with Crippen LogP contribution in [0.25, 0.3) is 0 Å². The fourth-order valence-electron chi connectivity index (χ4n) is 4.12. The molecule has 34 heavy (non-hydrogen) atoms. The Kier molecular flexibility index (Phi) is 8.22. The summed E-state index contributed by atoms with van der Waals surface area (Å²) in [4.78, 5) is 0. The maximum atomic E-state index is 15.5. The van der Waals surface area contributed by atoms with Gasteiger partial charge in [0.1, 0.15) is 5.82 Å². The summed E-state index contributed by atoms with van der Waals surface area (Å²) in [6, 6.07) is 20.5. The number of aryl methyl sites for hydroxylation is 2. The van der Waals surface area contributed by atoms with E-state index in [1.54, 1.807) is 6.07 Å². The highest BCUT2D eigenvalue weighted by atomic mass is 19.1. The smallest absolute Gasteiger partial charge is 0.143 e. The molecule has 0 atom stereocenters. The van der Waals surface area contributed by atoms with Gasteiger partial charge in [-0.2, -0.15) is 0 Å². The van der Waals surface area contributed by atoms with Crippen LogP contribution in [-0.4, -0.2) is 0 Å². The van der Waals surface area contributed by atoms with E-state index in [4.69, 9.17) is 0 Å². The van der Waals surface area contributed by atoms with Crippen molar-refractivity contribution in [2.45, 2.75) is 71.1 Å². The topological polar surface area (TPSA) is 0 Å². The molecule has 0 heterocycles. The van der Waals surface area contributed by atoms with Gasteiger partial charge in [-0.15, -0.1) is 0 Å². The molecule has 0 bridgehead atoms. The molecule has 3 aromatic carbocycles. The van der Waals surface area contributed by atoms with Crippen LogP contribution in [0.5, 0.6) is 0 Å². The third-order valence-electron chi connectivity index (χ3n) is 6.39. The molecular weight excluding hydrogens is 415 g/mol. The van der Waals surface area contributed by atoms with E-state index in [1.807, 2.05) is 18.2 Å². The average molecular weight is 449 g/mol. The first-order chi connectivity index (χ1) is 16.7. The zero-order chi connectivity index (χ0) is 23.8. The van der Waals surface area contributed by atoms with Gasteiger partial charge in [0, 0.05) is 22.3 Å². The lowest BCUT2D eigenvalue weighted by molar-refractivity contribution is 0.606. The molecule has 0 aromatic heterocycles. The van der Waals surface area contributed by atoms with Crippen molar-refractivity contribution in [3.8, 4) is 23.7 Å². The van der Waals surface area contributed by atoms with Crippen LogP contribution >= 0.6 is 0 Å². The fraction of sp³-hybridized carbons (Fsp3) is 0.333. The number of rotatable bonds is 7. The van der Waals surface area contributed by atoms with E-state index >= 15 is 4.39 Å². The maximum Gasteiger partial charge on any atom is 0.143 e. The molecule has 0 aliphatic heterocycles. The van der Waals surface area contributed by atoms with Crippen molar-refractivity contribution < 1.29 is 4.39 Å². The van der Waals surface area contributed by atoms with E-state index in [0.717, 1.165) is 47.9 Å². The van der Waals surface area contributed by atoms with Gasteiger partial charge in [-0.05, 0) is 92.0 Å². The summed E-state index contributed by atoms with van der Waals surface area (Å²) in [6.07, 6.45) is 9.02. The quantitative estimate of drug-likeness (QED) is 0.320. The Hall–Kier alpha value is -3.29. The Morgan fingerprint density at radius 2 is 1.12 bits per heavy atom. The van der Waals surface area contributed by atoms with Crippen molar-refractivity contribution in [3.05, 3.63) is 105 Å². The molecule has 1 aliphatic rings. The van der Waals surface area contributed by atoms with Gasteiger partial charge in [0.25, 0.3) is 0 Å². The standard InChI is InChI=1S/C33H33F/c1-3-5-7-25-9-13-27(14-10-25)17-19-29-23-24-31(33(34)32(29)30-21-22-30)20-18-28-15-11-26(12-16-28)8-6-4-2/h9-16,23-24,30H,3-8,21-22H2,1-2H3. The van der Waals surface area contributed by atoms with Gasteiger partial charge in [-0.25, -0.2) is 4.39 Å². The minimum Gasteiger partial charge on any atom is -0.205 e. The van der Waals surface area contributed by atoms with Crippen LogP contribution in [-0.2, 0) is 12.8 Å². The van der Waals surface area contributed by atoms with E-state index in [9.17, 15) is 0 Å². The van der Waals surface area contributed by atoms with Gasteiger partial charge in [-0.1, -0.05) is 74.6 Å². The Balaban J connectivity index is 1.54. The lowest BCUT2D eigenvalue weighted by Gasteiger charge is -2.07. The monoisotopic (exact) mass is 448 g/mol. The average Bonchev–Trinajstić information content (AvgIpc) is 3.71. The van der Waals surface area contributed by atoms with Crippen molar-refractivity contribution in [1.29, 1.82) is 0 Å². The second-order valence-corrected chi connectivity index (χ2v) is 9.26. The molecular formula is C33H33F. The summed E-state index contributed by atoms with van der Waals surface area (Å²) in [5.74, 6) is 12.8. The largest absolute Gasteiger partial charge is 0.205 e. The number of hydrogen-bond donors (Lipinski definition) is 0. The molecule has 0 amide bonds. The molecule has 4 rings (SSSR count). The number of hydrogen-bond acceptors (Lipinski definition) is 0. The molecule has 172 valence electrons. The fourth-order valence-corrected chi connectivity index (χ4v) is 4.12. The summed E-state index contributed by atoms with van der Waals surface area (Å²) in [6.45, 7) is 4.41. The summed E-state index contributed by atoms with van der Waals surface area (Å²) in [5.41, 5.74) is 6.55. The van der Waals surface area contributed by atoms with Gasteiger partial charge in [0.05, 0.1) is 5.56 Å². The number of halogens is 1. The van der Waals surface area contributed by atoms with Crippen molar-refractivity contribution in [1.82, 2.24) is 0 Å². The van der Waals surface area contributed by atoms with Crippen LogP contribution in [0.3, 0.4) is 0 Å². The second-order valence-electron chi connectivity index (χ2n) is 9.26. The highest BCUT2D eigenvalue weighted by Crippen LogP contribution is 2.43. The molecule has 1 aliphatic carbocycles. The van der Waals surface area contributed by atoms with Gasteiger partial charge >= 0.3 is 0 Å². The van der Waals surface area contributed by atoms with Crippen LogP contribution in [0.4, 0.5) is 4.39 Å². The normalized spacial score (nSPS) is 12.4. The van der Waals surface area contributed by atoms with Gasteiger partial charge < -0.3 is 0 Å². The van der Waals surface area contributed by atoms with Gasteiger partial charge in [0.15, 0.2) is 0 Å². The predicted molar refractivity (Wildman–Crippen MR) is 140 cm³/mol. The third kappa shape index (κ3) is 6.40.